The highest BCUT2D eigenvalue weighted by Gasteiger charge is 2.28. The van der Waals surface area contributed by atoms with Crippen molar-refractivity contribution >= 4 is 64.0 Å². The second kappa shape index (κ2) is 11.2. The Hall–Kier alpha value is -3.53. The molecule has 1 aliphatic heterocycles. The van der Waals surface area contributed by atoms with Gasteiger partial charge < -0.3 is 24.8 Å². The van der Waals surface area contributed by atoms with Crippen molar-refractivity contribution in [3.05, 3.63) is 47.9 Å². The van der Waals surface area contributed by atoms with Crippen LogP contribution in [0.25, 0.3) is 11.0 Å². The van der Waals surface area contributed by atoms with Gasteiger partial charge in [-0.2, -0.15) is 9.97 Å². The van der Waals surface area contributed by atoms with Gasteiger partial charge in [0.2, 0.25) is 11.8 Å². The van der Waals surface area contributed by atoms with E-state index < -0.39 is 7.14 Å². The van der Waals surface area contributed by atoms with E-state index in [4.69, 9.17) is 21.3 Å². The van der Waals surface area contributed by atoms with Gasteiger partial charge in [-0.25, -0.2) is 4.98 Å². The molecule has 0 spiro atoms. The average molecular weight is 582 g/mol. The molecule has 13 heteroatoms. The van der Waals surface area contributed by atoms with Gasteiger partial charge in [0.1, 0.15) is 29.2 Å². The first-order valence-corrected chi connectivity index (χ1v) is 15.9. The molecule has 5 rings (SSSR count). The molecule has 1 fully saturated rings. The Morgan fingerprint density at radius 2 is 1.68 bits per heavy atom. The van der Waals surface area contributed by atoms with Crippen LogP contribution in [-0.4, -0.2) is 82.5 Å². The Bertz CT molecular complexity index is 1590. The molecule has 0 saturated carbocycles. The summed E-state index contributed by atoms with van der Waals surface area (Å²) in [5, 5.41) is 7.31. The number of nitrogens with one attached hydrogen (secondary N) is 2. The number of piperazine rings is 1. The molecule has 2 N–H and O–H groups in total. The maximum Gasteiger partial charge on any atom is 0.239 e. The second-order valence-corrected chi connectivity index (χ2v) is 13.9. The summed E-state index contributed by atoms with van der Waals surface area (Å²) in [6, 6.07) is 8.32. The quantitative estimate of drug-likeness (QED) is 0.294. The summed E-state index contributed by atoms with van der Waals surface area (Å²) in [7, 11) is 0.980. The number of pyridine rings is 1. The third-order valence-electron chi connectivity index (χ3n) is 7.12. The molecule has 4 heterocycles. The molecule has 0 radical (unpaired) electrons. The zero-order chi connectivity index (χ0) is 28.6. The molecule has 2 atom stereocenters. The Kier molecular flexibility index (Phi) is 7.81. The van der Waals surface area contributed by atoms with E-state index in [-0.39, 0.29) is 0 Å². The molecule has 40 heavy (non-hydrogen) atoms. The van der Waals surface area contributed by atoms with Crippen molar-refractivity contribution in [3.63, 3.8) is 0 Å². The van der Waals surface area contributed by atoms with Crippen LogP contribution in [0.4, 0.5) is 29.0 Å². The number of halogens is 1. The number of aromatic nitrogens is 5. The van der Waals surface area contributed by atoms with Crippen molar-refractivity contribution in [1.82, 2.24) is 29.8 Å². The smallest absolute Gasteiger partial charge is 0.239 e. The largest absolute Gasteiger partial charge is 0.479 e. The van der Waals surface area contributed by atoms with E-state index >= 15 is 0 Å². The normalized spacial score (nSPS) is 18.1. The van der Waals surface area contributed by atoms with Gasteiger partial charge in [0, 0.05) is 37.6 Å². The standard InChI is InChI=1S/C27H33ClN9O2P/c1-16-14-37(15-17(2)36(16)3)22-10-9-21(26(34-22)39-4)33-27-31-13-18(28)25(35-27)32-20-8-7-19-23(30-12-11-29-19)24(20)40(5,6)38/h7-13,16-17H,14-15H2,1-6H3,(H2,31,32,33,35)/t16-,17+. The number of methoxy groups -OCH3 is 1. The van der Waals surface area contributed by atoms with Gasteiger partial charge in [0.15, 0.2) is 5.82 Å². The van der Waals surface area contributed by atoms with Crippen LogP contribution in [0.1, 0.15) is 13.8 Å². The van der Waals surface area contributed by atoms with E-state index in [0.29, 0.717) is 62.5 Å². The second-order valence-electron chi connectivity index (χ2n) is 10.4. The summed E-state index contributed by atoms with van der Waals surface area (Å²) in [4.78, 5) is 27.1. The van der Waals surface area contributed by atoms with Crippen LogP contribution in [0.2, 0.25) is 5.02 Å². The molecule has 0 bridgehead atoms. The summed E-state index contributed by atoms with van der Waals surface area (Å²) in [6.45, 7) is 9.58. The van der Waals surface area contributed by atoms with Crippen LogP contribution in [0.3, 0.4) is 0 Å². The van der Waals surface area contributed by atoms with Gasteiger partial charge in [0.25, 0.3) is 0 Å². The third kappa shape index (κ3) is 5.68. The van der Waals surface area contributed by atoms with Crippen LogP contribution in [-0.2, 0) is 4.57 Å². The van der Waals surface area contributed by atoms with Crippen LogP contribution >= 0.6 is 18.7 Å². The first-order valence-electron chi connectivity index (χ1n) is 12.9. The van der Waals surface area contributed by atoms with Crippen molar-refractivity contribution in [2.75, 3.05) is 56.1 Å². The molecule has 0 unspecified atom stereocenters. The van der Waals surface area contributed by atoms with Crippen molar-refractivity contribution in [2.24, 2.45) is 0 Å². The van der Waals surface area contributed by atoms with E-state index in [1.165, 1.54) is 6.20 Å². The molecule has 11 nitrogen and oxygen atoms in total. The van der Waals surface area contributed by atoms with Crippen LogP contribution in [0.5, 0.6) is 5.88 Å². The van der Waals surface area contributed by atoms with Crippen LogP contribution < -0.4 is 25.6 Å². The number of hydrogen-bond donors (Lipinski definition) is 2. The summed E-state index contributed by atoms with van der Waals surface area (Å²) in [5.74, 6) is 1.92. The fourth-order valence-electron chi connectivity index (χ4n) is 4.88. The summed E-state index contributed by atoms with van der Waals surface area (Å²) in [6.07, 6.45) is 4.69. The molecule has 210 valence electrons. The Morgan fingerprint density at radius 1 is 0.975 bits per heavy atom. The zero-order valence-electron chi connectivity index (χ0n) is 23.4. The van der Waals surface area contributed by atoms with Crippen molar-refractivity contribution in [1.29, 1.82) is 0 Å². The fraction of sp³-hybridized carbons (Fsp3) is 0.370. The topological polar surface area (TPSA) is 121 Å². The van der Waals surface area contributed by atoms with Gasteiger partial charge in [-0.05, 0) is 58.5 Å². The molecule has 0 amide bonds. The van der Waals surface area contributed by atoms with Gasteiger partial charge in [-0.15, -0.1) is 0 Å². The van der Waals surface area contributed by atoms with E-state index in [0.717, 1.165) is 18.9 Å². The maximum atomic E-state index is 13.3. The van der Waals surface area contributed by atoms with Crippen molar-refractivity contribution < 1.29 is 9.30 Å². The summed E-state index contributed by atoms with van der Waals surface area (Å²) in [5.41, 5.74) is 2.44. The van der Waals surface area contributed by atoms with E-state index in [1.54, 1.807) is 32.8 Å². The molecular formula is C27H33ClN9O2P. The number of hydrogen-bond acceptors (Lipinski definition) is 11. The van der Waals surface area contributed by atoms with Gasteiger partial charge in [-0.3, -0.25) is 14.9 Å². The lowest BCUT2D eigenvalue weighted by atomic mass is 10.1. The minimum Gasteiger partial charge on any atom is -0.479 e. The minimum atomic E-state index is -2.76. The number of benzene rings is 1. The van der Waals surface area contributed by atoms with Crippen molar-refractivity contribution in [3.8, 4) is 5.88 Å². The molecule has 1 aliphatic rings. The Labute approximate surface area is 238 Å². The Morgan fingerprint density at radius 3 is 2.38 bits per heavy atom. The molecular weight excluding hydrogens is 549 g/mol. The molecule has 4 aromatic rings. The lowest BCUT2D eigenvalue weighted by Crippen LogP contribution is -2.55. The SMILES string of the molecule is COc1nc(N2C[C@@H](C)N(C)[C@@H](C)C2)ccc1Nc1ncc(Cl)c(Nc2ccc3nccnc3c2P(C)(C)=O)n1. The van der Waals surface area contributed by atoms with Crippen molar-refractivity contribution in [2.45, 2.75) is 25.9 Å². The predicted molar refractivity (Wildman–Crippen MR) is 162 cm³/mol. The monoisotopic (exact) mass is 581 g/mol. The first-order chi connectivity index (χ1) is 19.0. The van der Waals surface area contributed by atoms with E-state index in [1.807, 2.05) is 24.3 Å². The highest BCUT2D eigenvalue weighted by molar-refractivity contribution is 7.71. The lowest BCUT2D eigenvalue weighted by molar-refractivity contribution is 0.169. The molecule has 1 saturated heterocycles. The lowest BCUT2D eigenvalue weighted by Gasteiger charge is -2.43. The van der Waals surface area contributed by atoms with Crippen LogP contribution in [0, 0.1) is 0 Å². The van der Waals surface area contributed by atoms with Gasteiger partial charge >= 0.3 is 0 Å². The minimum absolute atomic E-state index is 0.292. The maximum absolute atomic E-state index is 13.3. The summed E-state index contributed by atoms with van der Waals surface area (Å²) >= 11 is 6.47. The first kappa shape index (κ1) is 28.0. The molecule has 1 aromatic carbocycles. The van der Waals surface area contributed by atoms with E-state index in [9.17, 15) is 4.57 Å². The van der Waals surface area contributed by atoms with Gasteiger partial charge in [-0.1, -0.05) is 11.6 Å². The third-order valence-corrected chi connectivity index (χ3v) is 8.92. The number of anilines is 5. The average Bonchev–Trinajstić information content (AvgIpc) is 2.92. The number of nitrogens with zero attached hydrogens (tertiary/aromatic N) is 7. The van der Waals surface area contributed by atoms with Gasteiger partial charge in [0.05, 0.1) is 29.8 Å². The Balaban J connectivity index is 1.43. The zero-order valence-corrected chi connectivity index (χ0v) is 25.0. The molecule has 3 aromatic heterocycles. The number of rotatable bonds is 7. The summed E-state index contributed by atoms with van der Waals surface area (Å²) < 4.78 is 18.9. The number of likely N-dealkylation sites (N-methyl/N-ethyl adjacent to an activating group) is 1. The van der Waals surface area contributed by atoms with Crippen LogP contribution in [0.15, 0.2) is 42.9 Å². The van der Waals surface area contributed by atoms with E-state index in [2.05, 4.69) is 61.3 Å². The highest BCUT2D eigenvalue weighted by atomic mass is 35.5. The number of fused-ring (bicyclic) bond motifs is 1. The predicted octanol–water partition coefficient (Wildman–Crippen LogP) is 4.74. The fourth-order valence-corrected chi connectivity index (χ4v) is 6.41. The molecule has 0 aliphatic carbocycles. The highest BCUT2D eigenvalue weighted by Crippen LogP contribution is 2.41. The number of ether oxygens (including phenoxy) is 1.